The van der Waals surface area contributed by atoms with Gasteiger partial charge in [-0.25, -0.2) is 0 Å². The molecule has 0 saturated heterocycles. The van der Waals surface area contributed by atoms with E-state index in [2.05, 4.69) is 25.1 Å². The number of hydrogen-bond acceptors (Lipinski definition) is 1. The molecule has 0 rings (SSSR count). The number of unbranched alkanes of at least 4 members (excludes halogenated alkanes) is 2. The molecule has 0 aliphatic carbocycles. The molecule has 1 unspecified atom stereocenters. The molecule has 2 atom stereocenters. The maximum Gasteiger partial charge on any atom is 0.0710 e. The highest BCUT2D eigenvalue weighted by Crippen LogP contribution is 2.22. The van der Waals surface area contributed by atoms with E-state index >= 15 is 0 Å². The zero-order chi connectivity index (χ0) is 10.1. The van der Waals surface area contributed by atoms with Gasteiger partial charge in [-0.1, -0.05) is 52.9 Å². The van der Waals surface area contributed by atoms with Crippen molar-refractivity contribution in [3.8, 4) is 0 Å². The molecule has 0 aliphatic rings. The Hall–Kier alpha value is 0.250. The maximum atomic E-state index is 5.26. The first-order chi connectivity index (χ1) is 6.26. The molecule has 0 aromatic rings. The summed E-state index contributed by atoms with van der Waals surface area (Å²) >= 11 is 5.26. The molecule has 0 aromatic heterocycles. The van der Waals surface area contributed by atoms with Crippen LogP contribution in [0, 0.1) is 11.8 Å². The summed E-state index contributed by atoms with van der Waals surface area (Å²) in [6, 6.07) is 0. The minimum absolute atomic E-state index is 0.597. The Morgan fingerprint density at radius 3 is 2.38 bits per heavy atom. The van der Waals surface area contributed by atoms with Crippen LogP contribution in [0.25, 0.3) is 0 Å². The summed E-state index contributed by atoms with van der Waals surface area (Å²) in [5, 5.41) is 0. The van der Waals surface area contributed by atoms with Crippen molar-refractivity contribution in [2.45, 2.75) is 52.9 Å². The van der Waals surface area contributed by atoms with Crippen LogP contribution in [0.1, 0.15) is 52.9 Å². The van der Waals surface area contributed by atoms with E-state index in [1.54, 1.807) is 0 Å². The summed E-state index contributed by atoms with van der Waals surface area (Å²) in [7, 11) is 0. The van der Waals surface area contributed by atoms with E-state index in [1.807, 2.05) is 0 Å². The van der Waals surface area contributed by atoms with E-state index in [9.17, 15) is 0 Å². The quantitative estimate of drug-likeness (QED) is 0.535. The highest BCUT2D eigenvalue weighted by atomic mass is 35.5. The van der Waals surface area contributed by atoms with Crippen molar-refractivity contribution in [2.24, 2.45) is 11.8 Å². The Bertz CT molecular complexity index is 106. The lowest BCUT2D eigenvalue weighted by Gasteiger charge is -2.21. The maximum absolute atomic E-state index is 5.26. The van der Waals surface area contributed by atoms with Crippen molar-refractivity contribution in [3.05, 3.63) is 0 Å². The molecule has 0 saturated carbocycles. The van der Waals surface area contributed by atoms with Gasteiger partial charge in [0.1, 0.15) is 0 Å². The first-order valence-electron chi connectivity index (χ1n) is 5.49. The van der Waals surface area contributed by atoms with Gasteiger partial charge in [-0.05, 0) is 11.8 Å². The van der Waals surface area contributed by atoms with Crippen LogP contribution in [0.2, 0.25) is 0 Å². The molecule has 0 aromatic carbocycles. The van der Waals surface area contributed by atoms with Crippen LogP contribution in [0.15, 0.2) is 0 Å². The predicted octanol–water partition coefficient (Wildman–Crippen LogP) is 4.40. The molecule has 0 N–H and O–H groups in total. The van der Waals surface area contributed by atoms with Crippen molar-refractivity contribution in [1.29, 1.82) is 0 Å². The third-order valence-electron chi connectivity index (χ3n) is 2.83. The normalized spacial score (nSPS) is 15.7. The van der Waals surface area contributed by atoms with Gasteiger partial charge in [0.25, 0.3) is 0 Å². The first kappa shape index (κ1) is 13.2. The summed E-state index contributed by atoms with van der Waals surface area (Å²) in [5.41, 5.74) is 0. The molecule has 0 spiro atoms. The molecule has 0 radical (unpaired) electrons. The second-order valence-electron chi connectivity index (χ2n) is 3.92. The summed E-state index contributed by atoms with van der Waals surface area (Å²) in [4.78, 5) is 0. The molecule has 0 heterocycles. The SMILES string of the molecule is CCCCC[C@@H](CC)C(C)COCl. The van der Waals surface area contributed by atoms with Crippen LogP contribution in [-0.2, 0) is 4.29 Å². The van der Waals surface area contributed by atoms with E-state index in [4.69, 9.17) is 11.9 Å². The van der Waals surface area contributed by atoms with E-state index < -0.39 is 0 Å². The van der Waals surface area contributed by atoms with Gasteiger partial charge in [-0.2, -0.15) is 0 Å². The fraction of sp³-hybridized carbons (Fsp3) is 1.00. The molecular formula is C11H23ClO. The summed E-state index contributed by atoms with van der Waals surface area (Å²) in [5.74, 6) is 1.38. The van der Waals surface area contributed by atoms with Crippen molar-refractivity contribution in [1.82, 2.24) is 0 Å². The fourth-order valence-corrected chi connectivity index (χ4v) is 1.98. The molecule has 0 fully saturated rings. The molecule has 80 valence electrons. The van der Waals surface area contributed by atoms with Crippen LogP contribution in [0.3, 0.4) is 0 Å². The lowest BCUT2D eigenvalue weighted by atomic mass is 9.87. The van der Waals surface area contributed by atoms with Gasteiger partial charge in [0.05, 0.1) is 18.5 Å². The van der Waals surface area contributed by atoms with Crippen LogP contribution in [0.5, 0.6) is 0 Å². The van der Waals surface area contributed by atoms with Gasteiger partial charge in [0.2, 0.25) is 0 Å². The number of rotatable bonds is 8. The topological polar surface area (TPSA) is 9.23 Å². The van der Waals surface area contributed by atoms with Gasteiger partial charge in [0.15, 0.2) is 0 Å². The number of hydrogen-bond donors (Lipinski definition) is 0. The third-order valence-corrected chi connectivity index (χ3v) is 2.96. The zero-order valence-corrected chi connectivity index (χ0v) is 9.94. The van der Waals surface area contributed by atoms with Crippen LogP contribution < -0.4 is 0 Å². The Labute approximate surface area is 88.0 Å². The summed E-state index contributed by atoms with van der Waals surface area (Å²) < 4.78 is 4.66. The highest BCUT2D eigenvalue weighted by Gasteiger charge is 2.14. The molecule has 0 aliphatic heterocycles. The third kappa shape index (κ3) is 6.34. The smallest absolute Gasteiger partial charge is 0.0710 e. The molecule has 1 nitrogen and oxygen atoms in total. The van der Waals surface area contributed by atoms with Crippen LogP contribution in [0.4, 0.5) is 0 Å². The van der Waals surface area contributed by atoms with Crippen LogP contribution >= 0.6 is 11.9 Å². The Balaban J connectivity index is 3.60. The van der Waals surface area contributed by atoms with E-state index in [0.717, 1.165) is 5.92 Å². The average Bonchev–Trinajstić information content (AvgIpc) is 2.13. The van der Waals surface area contributed by atoms with Gasteiger partial charge >= 0.3 is 0 Å². The molecule has 0 amide bonds. The zero-order valence-electron chi connectivity index (χ0n) is 9.18. The van der Waals surface area contributed by atoms with Crippen molar-refractivity contribution in [2.75, 3.05) is 6.61 Å². The van der Waals surface area contributed by atoms with Crippen LogP contribution in [-0.4, -0.2) is 6.61 Å². The molecular weight excluding hydrogens is 184 g/mol. The van der Waals surface area contributed by atoms with Gasteiger partial charge in [-0.15, -0.1) is 0 Å². The largest absolute Gasteiger partial charge is 0.279 e. The van der Waals surface area contributed by atoms with Crippen molar-refractivity contribution >= 4 is 11.9 Å². The second-order valence-corrected chi connectivity index (χ2v) is 4.14. The summed E-state index contributed by atoms with van der Waals surface area (Å²) in [6.45, 7) is 7.41. The lowest BCUT2D eigenvalue weighted by molar-refractivity contribution is 0.207. The lowest BCUT2D eigenvalue weighted by Crippen LogP contribution is -2.15. The Morgan fingerprint density at radius 2 is 1.92 bits per heavy atom. The van der Waals surface area contributed by atoms with E-state index in [1.165, 1.54) is 32.1 Å². The Kier molecular flexibility index (Phi) is 9.00. The van der Waals surface area contributed by atoms with Crippen molar-refractivity contribution < 1.29 is 4.29 Å². The van der Waals surface area contributed by atoms with E-state index in [0.29, 0.717) is 12.5 Å². The molecule has 13 heavy (non-hydrogen) atoms. The Morgan fingerprint density at radius 1 is 1.23 bits per heavy atom. The monoisotopic (exact) mass is 206 g/mol. The minimum atomic E-state index is 0.597. The van der Waals surface area contributed by atoms with Gasteiger partial charge in [0, 0.05) is 0 Å². The average molecular weight is 207 g/mol. The second kappa shape index (κ2) is 8.83. The first-order valence-corrected chi connectivity index (χ1v) is 5.80. The fourth-order valence-electron chi connectivity index (χ4n) is 1.78. The van der Waals surface area contributed by atoms with Gasteiger partial charge in [-0.3, -0.25) is 4.29 Å². The highest BCUT2D eigenvalue weighted by molar-refractivity contribution is 6.07. The molecule has 0 bridgehead atoms. The van der Waals surface area contributed by atoms with E-state index in [-0.39, 0.29) is 0 Å². The predicted molar refractivity (Wildman–Crippen MR) is 58.9 cm³/mol. The van der Waals surface area contributed by atoms with Gasteiger partial charge < -0.3 is 0 Å². The standard InChI is InChI=1S/C11H23ClO/c1-4-6-7-8-11(5-2)10(3)9-13-12/h10-11H,4-9H2,1-3H3/t10?,11-/m1/s1. The molecule has 2 heteroatoms. The summed E-state index contributed by atoms with van der Waals surface area (Å²) in [6.07, 6.45) is 6.57. The minimum Gasteiger partial charge on any atom is -0.279 e. The number of halogens is 1. The van der Waals surface area contributed by atoms with Crippen molar-refractivity contribution in [3.63, 3.8) is 0 Å².